The standard InChI is InChI=1S/C15H16BrClN2O/c1-10(2)6-13(20)8-19-9-14(16)18-15(19)11-4-3-5-12(17)7-11/h3-5,7,9-10H,6,8H2,1-2H3. The van der Waals surface area contributed by atoms with E-state index in [-0.39, 0.29) is 5.78 Å². The summed E-state index contributed by atoms with van der Waals surface area (Å²) in [4.78, 5) is 16.4. The molecule has 2 rings (SSSR count). The molecule has 0 unspecified atom stereocenters. The van der Waals surface area contributed by atoms with Crippen molar-refractivity contribution in [3.63, 3.8) is 0 Å². The van der Waals surface area contributed by atoms with Gasteiger partial charge in [0.2, 0.25) is 0 Å². The van der Waals surface area contributed by atoms with E-state index in [9.17, 15) is 4.79 Å². The normalized spacial score (nSPS) is 11.1. The van der Waals surface area contributed by atoms with Crippen LogP contribution in [0.25, 0.3) is 11.4 Å². The number of benzene rings is 1. The zero-order chi connectivity index (χ0) is 14.7. The molecule has 0 aliphatic carbocycles. The van der Waals surface area contributed by atoms with Crippen LogP contribution in [0.15, 0.2) is 35.1 Å². The van der Waals surface area contributed by atoms with E-state index in [1.165, 1.54) is 0 Å². The fourth-order valence-corrected chi connectivity index (χ4v) is 2.68. The Hall–Kier alpha value is -1.13. The van der Waals surface area contributed by atoms with Crippen LogP contribution in [0.5, 0.6) is 0 Å². The van der Waals surface area contributed by atoms with E-state index in [0.29, 0.717) is 28.5 Å². The number of ketones is 1. The number of aromatic nitrogens is 2. The van der Waals surface area contributed by atoms with Crippen molar-refractivity contribution in [1.29, 1.82) is 0 Å². The number of carbonyl (C=O) groups is 1. The van der Waals surface area contributed by atoms with Gasteiger partial charge in [-0.25, -0.2) is 4.98 Å². The van der Waals surface area contributed by atoms with Gasteiger partial charge in [0.25, 0.3) is 0 Å². The van der Waals surface area contributed by atoms with Gasteiger partial charge in [0.1, 0.15) is 10.4 Å². The fraction of sp³-hybridized carbons (Fsp3) is 0.333. The minimum Gasteiger partial charge on any atom is -0.322 e. The van der Waals surface area contributed by atoms with Crippen LogP contribution in [0.4, 0.5) is 0 Å². The molecule has 5 heteroatoms. The van der Waals surface area contributed by atoms with Crippen molar-refractivity contribution in [3.8, 4) is 11.4 Å². The number of carbonyl (C=O) groups excluding carboxylic acids is 1. The Morgan fingerprint density at radius 1 is 1.45 bits per heavy atom. The van der Waals surface area contributed by atoms with Crippen molar-refractivity contribution in [3.05, 3.63) is 40.1 Å². The summed E-state index contributed by atoms with van der Waals surface area (Å²) in [7, 11) is 0. The van der Waals surface area contributed by atoms with E-state index >= 15 is 0 Å². The first kappa shape index (κ1) is 15.3. The molecule has 20 heavy (non-hydrogen) atoms. The zero-order valence-corrected chi connectivity index (χ0v) is 13.8. The Morgan fingerprint density at radius 3 is 2.85 bits per heavy atom. The average molecular weight is 356 g/mol. The molecule has 1 aromatic heterocycles. The second-order valence-corrected chi connectivity index (χ2v) is 6.41. The molecule has 3 nitrogen and oxygen atoms in total. The molecule has 0 aliphatic rings. The van der Waals surface area contributed by atoms with Crippen molar-refractivity contribution < 1.29 is 4.79 Å². The first-order chi connectivity index (χ1) is 9.45. The van der Waals surface area contributed by atoms with Crippen LogP contribution in [-0.4, -0.2) is 15.3 Å². The molecular formula is C15H16BrClN2O. The highest BCUT2D eigenvalue weighted by Gasteiger charge is 2.13. The molecule has 2 aromatic rings. The predicted octanol–water partition coefficient (Wildman–Crippen LogP) is 4.58. The van der Waals surface area contributed by atoms with Crippen LogP contribution in [0.1, 0.15) is 20.3 Å². The first-order valence-corrected chi connectivity index (χ1v) is 7.63. The summed E-state index contributed by atoms with van der Waals surface area (Å²) in [5, 5.41) is 0.654. The molecule has 0 fully saturated rings. The lowest BCUT2D eigenvalue weighted by Gasteiger charge is -2.08. The van der Waals surface area contributed by atoms with Gasteiger partial charge in [0.05, 0.1) is 6.54 Å². The van der Waals surface area contributed by atoms with Crippen LogP contribution >= 0.6 is 27.5 Å². The Labute approximate surface area is 132 Å². The van der Waals surface area contributed by atoms with Gasteiger partial charge in [-0.15, -0.1) is 0 Å². The summed E-state index contributed by atoms with van der Waals surface area (Å²) in [5.41, 5.74) is 0.903. The van der Waals surface area contributed by atoms with Gasteiger partial charge in [0, 0.05) is 23.2 Å². The highest BCUT2D eigenvalue weighted by molar-refractivity contribution is 9.10. The minimum atomic E-state index is 0.202. The van der Waals surface area contributed by atoms with Crippen molar-refractivity contribution >= 4 is 33.3 Å². The molecule has 106 valence electrons. The summed E-state index contributed by atoms with van der Waals surface area (Å²) in [6.07, 6.45) is 2.40. The summed E-state index contributed by atoms with van der Waals surface area (Å²) < 4.78 is 2.57. The first-order valence-electron chi connectivity index (χ1n) is 6.46. The van der Waals surface area contributed by atoms with Crippen LogP contribution in [-0.2, 0) is 11.3 Å². The Balaban J connectivity index is 2.29. The number of hydrogen-bond acceptors (Lipinski definition) is 2. The second-order valence-electron chi connectivity index (χ2n) is 5.16. The lowest BCUT2D eigenvalue weighted by atomic mass is 10.1. The van der Waals surface area contributed by atoms with Crippen LogP contribution in [0.2, 0.25) is 5.02 Å². The quantitative estimate of drug-likeness (QED) is 0.787. The molecule has 0 spiro atoms. The molecule has 0 atom stereocenters. The molecule has 0 saturated heterocycles. The van der Waals surface area contributed by atoms with Gasteiger partial charge < -0.3 is 4.57 Å². The third-order valence-corrected chi connectivity index (χ3v) is 3.43. The summed E-state index contributed by atoms with van der Waals surface area (Å²) in [5.74, 6) is 1.31. The Kier molecular flexibility index (Phi) is 5.00. The SMILES string of the molecule is CC(C)CC(=O)Cn1cc(Br)nc1-c1cccc(Cl)c1. The average Bonchev–Trinajstić information content (AvgIpc) is 2.69. The van der Waals surface area contributed by atoms with Crippen LogP contribution < -0.4 is 0 Å². The number of imidazole rings is 1. The van der Waals surface area contributed by atoms with E-state index in [1.807, 2.05) is 48.9 Å². The van der Waals surface area contributed by atoms with E-state index in [2.05, 4.69) is 20.9 Å². The van der Waals surface area contributed by atoms with Crippen molar-refractivity contribution in [2.45, 2.75) is 26.8 Å². The third-order valence-electron chi connectivity index (χ3n) is 2.81. The van der Waals surface area contributed by atoms with E-state index < -0.39 is 0 Å². The molecule has 1 heterocycles. The van der Waals surface area contributed by atoms with E-state index in [1.54, 1.807) is 0 Å². The highest BCUT2D eigenvalue weighted by Crippen LogP contribution is 2.24. The monoisotopic (exact) mass is 354 g/mol. The lowest BCUT2D eigenvalue weighted by molar-refractivity contribution is -0.120. The summed E-state index contributed by atoms with van der Waals surface area (Å²) in [6.45, 7) is 4.41. The smallest absolute Gasteiger partial charge is 0.152 e. The van der Waals surface area contributed by atoms with Crippen molar-refractivity contribution in [2.24, 2.45) is 5.92 Å². The predicted molar refractivity (Wildman–Crippen MR) is 84.8 cm³/mol. The Morgan fingerprint density at radius 2 is 2.20 bits per heavy atom. The topological polar surface area (TPSA) is 34.9 Å². The van der Waals surface area contributed by atoms with E-state index in [4.69, 9.17) is 11.6 Å². The summed E-state index contributed by atoms with van der Waals surface area (Å²) in [6, 6.07) is 7.47. The number of halogens is 2. The van der Waals surface area contributed by atoms with Crippen LogP contribution in [0, 0.1) is 5.92 Å². The number of nitrogens with zero attached hydrogens (tertiary/aromatic N) is 2. The molecular weight excluding hydrogens is 340 g/mol. The lowest BCUT2D eigenvalue weighted by Crippen LogP contribution is -2.12. The molecule has 0 N–H and O–H groups in total. The van der Waals surface area contributed by atoms with Gasteiger partial charge in [-0.05, 0) is 34.0 Å². The maximum atomic E-state index is 12.0. The van der Waals surface area contributed by atoms with Gasteiger partial charge in [0.15, 0.2) is 5.78 Å². The molecule has 0 saturated carbocycles. The zero-order valence-electron chi connectivity index (χ0n) is 11.4. The molecule has 0 bridgehead atoms. The largest absolute Gasteiger partial charge is 0.322 e. The molecule has 0 amide bonds. The molecule has 0 aliphatic heterocycles. The Bertz CT molecular complexity index is 622. The van der Waals surface area contributed by atoms with Gasteiger partial charge in [-0.3, -0.25) is 4.79 Å². The summed E-state index contributed by atoms with van der Waals surface area (Å²) >= 11 is 9.38. The van der Waals surface area contributed by atoms with E-state index in [0.717, 1.165) is 11.4 Å². The highest BCUT2D eigenvalue weighted by atomic mass is 79.9. The minimum absolute atomic E-state index is 0.202. The maximum Gasteiger partial charge on any atom is 0.152 e. The number of rotatable bonds is 5. The van der Waals surface area contributed by atoms with Crippen molar-refractivity contribution in [2.75, 3.05) is 0 Å². The van der Waals surface area contributed by atoms with Gasteiger partial charge in [-0.1, -0.05) is 37.6 Å². The second kappa shape index (κ2) is 6.55. The fourth-order valence-electron chi connectivity index (χ4n) is 2.07. The third kappa shape index (κ3) is 3.93. The van der Waals surface area contributed by atoms with Crippen LogP contribution in [0.3, 0.4) is 0 Å². The molecule has 1 aromatic carbocycles. The van der Waals surface area contributed by atoms with Crippen molar-refractivity contribution in [1.82, 2.24) is 9.55 Å². The van der Waals surface area contributed by atoms with Gasteiger partial charge >= 0.3 is 0 Å². The number of Topliss-reactive ketones (excluding diaryl/α,β-unsaturated/α-hetero) is 1. The number of hydrogen-bond donors (Lipinski definition) is 0. The maximum absolute atomic E-state index is 12.0. The van der Waals surface area contributed by atoms with Gasteiger partial charge in [-0.2, -0.15) is 0 Å². The molecule has 0 radical (unpaired) electrons.